The number of hydrogen-bond donors (Lipinski definition) is 1. The Morgan fingerprint density at radius 1 is 1.07 bits per heavy atom. The zero-order chi connectivity index (χ0) is 20.3. The van der Waals surface area contributed by atoms with Gasteiger partial charge in [0.15, 0.2) is 5.96 Å². The second-order valence-electron chi connectivity index (χ2n) is 7.58. The molecule has 5 nitrogen and oxygen atoms in total. The van der Waals surface area contributed by atoms with Gasteiger partial charge in [-0.1, -0.05) is 54.6 Å². The lowest BCUT2D eigenvalue weighted by Crippen LogP contribution is -2.41. The second kappa shape index (κ2) is 13.6. The van der Waals surface area contributed by atoms with E-state index in [-0.39, 0.29) is 24.0 Å². The van der Waals surface area contributed by atoms with E-state index in [1.165, 1.54) is 16.7 Å². The molecule has 0 saturated carbocycles. The molecule has 0 amide bonds. The van der Waals surface area contributed by atoms with Crippen molar-refractivity contribution in [2.24, 2.45) is 10.9 Å². The molecule has 1 fully saturated rings. The Morgan fingerprint density at radius 3 is 2.37 bits per heavy atom. The number of guanidine groups is 1. The number of halogens is 1. The van der Waals surface area contributed by atoms with Crippen LogP contribution in [0.4, 0.5) is 0 Å². The van der Waals surface area contributed by atoms with Gasteiger partial charge < -0.3 is 19.7 Å². The molecule has 2 aromatic carbocycles. The summed E-state index contributed by atoms with van der Waals surface area (Å²) in [6.45, 7) is 7.60. The van der Waals surface area contributed by atoms with Crippen LogP contribution < -0.4 is 5.32 Å². The molecule has 0 radical (unpaired) electrons. The number of benzene rings is 2. The van der Waals surface area contributed by atoms with Gasteiger partial charge in [-0.2, -0.15) is 0 Å². The van der Waals surface area contributed by atoms with Crippen molar-refractivity contribution < 1.29 is 9.47 Å². The summed E-state index contributed by atoms with van der Waals surface area (Å²) in [6.07, 6.45) is 1.14. The lowest BCUT2D eigenvalue weighted by molar-refractivity contribution is 0.107. The Hall–Kier alpha value is -1.64. The fraction of sp³-hybridized carbons (Fsp3) is 0.458. The van der Waals surface area contributed by atoms with E-state index in [0.717, 1.165) is 38.7 Å². The SMILES string of the molecule is CCNC(=NCc1ccc(COCc2ccccc2)cc1)N(C)CC1CCOC1.I. The number of aliphatic imine (C=N–C) groups is 1. The first-order valence-electron chi connectivity index (χ1n) is 10.5. The van der Waals surface area contributed by atoms with Crippen molar-refractivity contribution in [3.8, 4) is 0 Å². The van der Waals surface area contributed by atoms with E-state index in [0.29, 0.717) is 25.7 Å². The van der Waals surface area contributed by atoms with Crippen molar-refractivity contribution in [1.29, 1.82) is 0 Å². The van der Waals surface area contributed by atoms with Crippen LogP contribution in [-0.2, 0) is 29.2 Å². The molecule has 30 heavy (non-hydrogen) atoms. The number of nitrogens with one attached hydrogen (secondary N) is 1. The van der Waals surface area contributed by atoms with Crippen LogP contribution in [0.25, 0.3) is 0 Å². The van der Waals surface area contributed by atoms with E-state index in [1.807, 2.05) is 18.2 Å². The van der Waals surface area contributed by atoms with E-state index in [4.69, 9.17) is 14.5 Å². The first-order chi connectivity index (χ1) is 14.2. The van der Waals surface area contributed by atoms with Crippen LogP contribution in [0.5, 0.6) is 0 Å². The molecule has 1 atom stereocenters. The number of rotatable bonds is 9. The van der Waals surface area contributed by atoms with Crippen LogP contribution >= 0.6 is 24.0 Å². The summed E-state index contributed by atoms with van der Waals surface area (Å²) in [4.78, 5) is 7.03. The number of hydrogen-bond acceptors (Lipinski definition) is 3. The minimum atomic E-state index is 0. The zero-order valence-electron chi connectivity index (χ0n) is 18.0. The van der Waals surface area contributed by atoms with E-state index in [9.17, 15) is 0 Å². The van der Waals surface area contributed by atoms with Crippen molar-refractivity contribution in [3.63, 3.8) is 0 Å². The molecule has 1 unspecified atom stereocenters. The van der Waals surface area contributed by atoms with E-state index >= 15 is 0 Å². The average molecular weight is 523 g/mol. The van der Waals surface area contributed by atoms with Gasteiger partial charge in [0.25, 0.3) is 0 Å². The van der Waals surface area contributed by atoms with E-state index in [1.54, 1.807) is 0 Å². The van der Waals surface area contributed by atoms with Crippen LogP contribution in [-0.4, -0.2) is 44.2 Å². The third kappa shape index (κ3) is 8.24. The molecule has 1 heterocycles. The molecule has 3 rings (SSSR count). The van der Waals surface area contributed by atoms with E-state index in [2.05, 4.69) is 60.6 Å². The summed E-state index contributed by atoms with van der Waals surface area (Å²) in [6, 6.07) is 18.8. The summed E-state index contributed by atoms with van der Waals surface area (Å²) in [5, 5.41) is 3.40. The van der Waals surface area contributed by atoms with E-state index < -0.39 is 0 Å². The lowest BCUT2D eigenvalue weighted by atomic mass is 10.1. The highest BCUT2D eigenvalue weighted by atomic mass is 127. The van der Waals surface area contributed by atoms with Gasteiger partial charge in [0.05, 0.1) is 26.4 Å². The summed E-state index contributed by atoms with van der Waals surface area (Å²) < 4.78 is 11.3. The molecule has 0 bridgehead atoms. The molecule has 1 aliphatic heterocycles. The fourth-order valence-corrected chi connectivity index (χ4v) is 3.44. The third-order valence-corrected chi connectivity index (χ3v) is 5.07. The highest BCUT2D eigenvalue weighted by Crippen LogP contribution is 2.14. The van der Waals surface area contributed by atoms with Gasteiger partial charge in [0.2, 0.25) is 0 Å². The Morgan fingerprint density at radius 2 is 1.73 bits per heavy atom. The Kier molecular flexibility index (Phi) is 11.2. The maximum Gasteiger partial charge on any atom is 0.193 e. The topological polar surface area (TPSA) is 46.1 Å². The largest absolute Gasteiger partial charge is 0.381 e. The van der Waals surface area contributed by atoms with Gasteiger partial charge in [0.1, 0.15) is 0 Å². The summed E-state index contributed by atoms with van der Waals surface area (Å²) >= 11 is 0. The third-order valence-electron chi connectivity index (χ3n) is 5.07. The van der Waals surface area contributed by atoms with Crippen molar-refractivity contribution in [2.45, 2.75) is 33.1 Å². The maximum absolute atomic E-state index is 5.82. The van der Waals surface area contributed by atoms with Crippen molar-refractivity contribution >= 4 is 29.9 Å². The Bertz CT molecular complexity index is 747. The molecular weight excluding hydrogens is 489 g/mol. The predicted molar refractivity (Wildman–Crippen MR) is 133 cm³/mol. The molecule has 1 aliphatic rings. The summed E-state index contributed by atoms with van der Waals surface area (Å²) in [7, 11) is 2.10. The van der Waals surface area contributed by atoms with Crippen LogP contribution in [0.1, 0.15) is 30.0 Å². The van der Waals surface area contributed by atoms with Crippen molar-refractivity contribution in [1.82, 2.24) is 10.2 Å². The molecule has 1 N–H and O–H groups in total. The van der Waals surface area contributed by atoms with Crippen LogP contribution in [0.2, 0.25) is 0 Å². The molecule has 164 valence electrons. The first kappa shape index (κ1) is 24.6. The molecular formula is C24H34IN3O2. The Labute approximate surface area is 197 Å². The quantitative estimate of drug-likeness (QED) is 0.300. The average Bonchev–Trinajstić information content (AvgIpc) is 3.26. The molecule has 1 saturated heterocycles. The van der Waals surface area contributed by atoms with Crippen LogP contribution in [0, 0.1) is 5.92 Å². The number of nitrogens with zero attached hydrogens (tertiary/aromatic N) is 2. The molecule has 0 aromatic heterocycles. The first-order valence-corrected chi connectivity index (χ1v) is 10.5. The Balaban J connectivity index is 0.00000320. The molecule has 6 heteroatoms. The van der Waals surface area contributed by atoms with Gasteiger partial charge >= 0.3 is 0 Å². The zero-order valence-corrected chi connectivity index (χ0v) is 20.4. The molecule has 2 aromatic rings. The van der Waals surface area contributed by atoms with Crippen molar-refractivity contribution in [3.05, 3.63) is 71.3 Å². The number of ether oxygens (including phenoxy) is 2. The second-order valence-corrected chi connectivity index (χ2v) is 7.58. The highest BCUT2D eigenvalue weighted by molar-refractivity contribution is 14.0. The summed E-state index contributed by atoms with van der Waals surface area (Å²) in [5.41, 5.74) is 3.58. The van der Waals surface area contributed by atoms with Crippen LogP contribution in [0.3, 0.4) is 0 Å². The molecule has 0 spiro atoms. The lowest BCUT2D eigenvalue weighted by Gasteiger charge is -2.24. The summed E-state index contributed by atoms with van der Waals surface area (Å²) in [5.74, 6) is 1.55. The highest BCUT2D eigenvalue weighted by Gasteiger charge is 2.19. The predicted octanol–water partition coefficient (Wildman–Crippen LogP) is 4.46. The van der Waals surface area contributed by atoms with Gasteiger partial charge in [-0.3, -0.25) is 0 Å². The molecule has 0 aliphatic carbocycles. The van der Waals surface area contributed by atoms with Gasteiger partial charge in [-0.25, -0.2) is 4.99 Å². The minimum absolute atomic E-state index is 0. The van der Waals surface area contributed by atoms with Gasteiger partial charge in [0, 0.05) is 32.7 Å². The monoisotopic (exact) mass is 523 g/mol. The fourth-order valence-electron chi connectivity index (χ4n) is 3.44. The standard InChI is InChI=1S/C24H33N3O2.HI/c1-3-25-24(27(2)16-23-13-14-28-19-23)26-15-20-9-11-22(12-10-20)18-29-17-21-7-5-4-6-8-21;/h4-12,23H,3,13-19H2,1-2H3,(H,25,26);1H. The van der Waals surface area contributed by atoms with Gasteiger partial charge in [-0.05, 0) is 30.0 Å². The van der Waals surface area contributed by atoms with Crippen LogP contribution in [0.15, 0.2) is 59.6 Å². The normalized spacial score (nSPS) is 16.2. The minimum Gasteiger partial charge on any atom is -0.381 e. The smallest absolute Gasteiger partial charge is 0.193 e. The van der Waals surface area contributed by atoms with Gasteiger partial charge in [-0.15, -0.1) is 24.0 Å². The van der Waals surface area contributed by atoms with Crippen molar-refractivity contribution in [2.75, 3.05) is 33.4 Å². The maximum atomic E-state index is 5.82.